The van der Waals surface area contributed by atoms with Crippen molar-refractivity contribution in [3.8, 4) is 0 Å². The second-order valence-corrected chi connectivity index (χ2v) is 5.87. The van der Waals surface area contributed by atoms with Crippen LogP contribution in [0.4, 0.5) is 0 Å². The smallest absolute Gasteiger partial charge is 0.0768 e. The first-order valence-electron chi connectivity index (χ1n) is 6.45. The topological polar surface area (TPSA) is 43.7 Å². The maximum absolute atomic E-state index is 10.2. The van der Waals surface area contributed by atoms with Gasteiger partial charge < -0.3 is 15.1 Å². The van der Waals surface area contributed by atoms with E-state index in [4.69, 9.17) is 0 Å². The predicted molar refractivity (Wildman–Crippen MR) is 66.3 cm³/mol. The second kappa shape index (κ2) is 5.48. The van der Waals surface area contributed by atoms with Gasteiger partial charge in [0.25, 0.3) is 0 Å². The average Bonchev–Trinajstić information content (AvgIpc) is 2.17. The van der Waals surface area contributed by atoms with Gasteiger partial charge in [0, 0.05) is 6.54 Å². The maximum Gasteiger partial charge on any atom is 0.0768 e. The first-order valence-corrected chi connectivity index (χ1v) is 6.45. The van der Waals surface area contributed by atoms with Crippen LogP contribution >= 0.6 is 0 Å². The van der Waals surface area contributed by atoms with E-state index in [9.17, 15) is 10.2 Å². The molecular weight excluding hydrogens is 202 g/mol. The number of nitrogens with zero attached hydrogens (tertiary/aromatic N) is 1. The Labute approximate surface area is 99.5 Å². The van der Waals surface area contributed by atoms with Gasteiger partial charge in [-0.05, 0) is 51.6 Å². The molecule has 2 unspecified atom stereocenters. The Bertz CT molecular complexity index is 206. The Balaban J connectivity index is 2.37. The SMILES string of the molecule is CC(O)C1CCN(CC(C)(O)C(C)C)CC1. The molecule has 0 bridgehead atoms. The molecule has 3 nitrogen and oxygen atoms in total. The van der Waals surface area contributed by atoms with Gasteiger partial charge in [0.15, 0.2) is 0 Å². The minimum atomic E-state index is -0.600. The summed E-state index contributed by atoms with van der Waals surface area (Å²) in [7, 11) is 0. The van der Waals surface area contributed by atoms with E-state index < -0.39 is 5.60 Å². The van der Waals surface area contributed by atoms with Crippen molar-refractivity contribution in [1.29, 1.82) is 0 Å². The molecule has 2 atom stereocenters. The van der Waals surface area contributed by atoms with E-state index in [1.807, 2.05) is 13.8 Å². The summed E-state index contributed by atoms with van der Waals surface area (Å²) in [6, 6.07) is 0. The van der Waals surface area contributed by atoms with E-state index in [2.05, 4.69) is 18.7 Å². The Morgan fingerprint density at radius 1 is 1.25 bits per heavy atom. The number of hydrogen-bond donors (Lipinski definition) is 2. The molecule has 16 heavy (non-hydrogen) atoms. The summed E-state index contributed by atoms with van der Waals surface area (Å²) in [6.45, 7) is 10.7. The van der Waals surface area contributed by atoms with Crippen LogP contribution in [-0.4, -0.2) is 46.5 Å². The summed E-state index contributed by atoms with van der Waals surface area (Å²) >= 11 is 0. The first-order chi connectivity index (χ1) is 7.33. The standard InChI is InChI=1S/C13H27NO2/c1-10(2)13(4,16)9-14-7-5-12(6-8-14)11(3)15/h10-12,15-16H,5-9H2,1-4H3. The zero-order chi connectivity index (χ0) is 12.3. The summed E-state index contributed by atoms with van der Waals surface area (Å²) in [5.41, 5.74) is -0.600. The van der Waals surface area contributed by atoms with Crippen molar-refractivity contribution in [3.05, 3.63) is 0 Å². The molecule has 0 spiro atoms. The summed E-state index contributed by atoms with van der Waals surface area (Å²) < 4.78 is 0. The van der Waals surface area contributed by atoms with E-state index >= 15 is 0 Å². The molecule has 0 aromatic carbocycles. The highest BCUT2D eigenvalue weighted by Gasteiger charge is 2.30. The van der Waals surface area contributed by atoms with Gasteiger partial charge in [-0.15, -0.1) is 0 Å². The van der Waals surface area contributed by atoms with Crippen molar-refractivity contribution in [2.75, 3.05) is 19.6 Å². The number of aliphatic hydroxyl groups is 2. The molecule has 0 saturated carbocycles. The van der Waals surface area contributed by atoms with Gasteiger partial charge in [0.1, 0.15) is 0 Å². The lowest BCUT2D eigenvalue weighted by Crippen LogP contribution is -2.48. The number of piperidine rings is 1. The average molecular weight is 229 g/mol. The Hall–Kier alpha value is -0.120. The molecule has 0 aliphatic carbocycles. The van der Waals surface area contributed by atoms with Gasteiger partial charge >= 0.3 is 0 Å². The zero-order valence-corrected chi connectivity index (χ0v) is 11.1. The molecule has 1 heterocycles. The van der Waals surface area contributed by atoms with Gasteiger partial charge in [-0.1, -0.05) is 13.8 Å². The Morgan fingerprint density at radius 3 is 2.12 bits per heavy atom. The molecule has 1 aliphatic heterocycles. The van der Waals surface area contributed by atoms with Crippen molar-refractivity contribution in [1.82, 2.24) is 4.90 Å². The van der Waals surface area contributed by atoms with Crippen LogP contribution in [0.25, 0.3) is 0 Å². The maximum atomic E-state index is 10.2. The molecule has 3 heteroatoms. The fourth-order valence-corrected chi connectivity index (χ4v) is 2.23. The van der Waals surface area contributed by atoms with E-state index in [0.717, 1.165) is 32.5 Å². The fourth-order valence-electron chi connectivity index (χ4n) is 2.23. The summed E-state index contributed by atoms with van der Waals surface area (Å²) in [4.78, 5) is 2.32. The van der Waals surface area contributed by atoms with Crippen molar-refractivity contribution in [2.45, 2.75) is 52.2 Å². The van der Waals surface area contributed by atoms with Gasteiger partial charge in [-0.25, -0.2) is 0 Å². The van der Waals surface area contributed by atoms with Crippen LogP contribution in [-0.2, 0) is 0 Å². The molecule has 1 saturated heterocycles. The summed E-state index contributed by atoms with van der Waals surface area (Å²) in [5, 5.41) is 19.7. The van der Waals surface area contributed by atoms with E-state index in [1.54, 1.807) is 0 Å². The summed E-state index contributed by atoms with van der Waals surface area (Å²) in [5.74, 6) is 0.724. The Morgan fingerprint density at radius 2 is 1.75 bits per heavy atom. The van der Waals surface area contributed by atoms with Crippen molar-refractivity contribution in [2.24, 2.45) is 11.8 Å². The second-order valence-electron chi connectivity index (χ2n) is 5.87. The van der Waals surface area contributed by atoms with Crippen LogP contribution < -0.4 is 0 Å². The number of likely N-dealkylation sites (tertiary alicyclic amines) is 1. The fraction of sp³-hybridized carbons (Fsp3) is 1.00. The molecule has 0 radical (unpaired) electrons. The van der Waals surface area contributed by atoms with Gasteiger partial charge in [-0.3, -0.25) is 0 Å². The first kappa shape index (κ1) is 13.9. The minimum absolute atomic E-state index is 0.187. The molecule has 1 rings (SSSR count). The highest BCUT2D eigenvalue weighted by Crippen LogP contribution is 2.24. The third-order valence-corrected chi connectivity index (χ3v) is 4.10. The quantitative estimate of drug-likeness (QED) is 0.767. The minimum Gasteiger partial charge on any atom is -0.393 e. The lowest BCUT2D eigenvalue weighted by molar-refractivity contribution is -0.0312. The van der Waals surface area contributed by atoms with Crippen LogP contribution in [0.2, 0.25) is 0 Å². The molecular formula is C13H27NO2. The van der Waals surface area contributed by atoms with Crippen LogP contribution in [0.15, 0.2) is 0 Å². The zero-order valence-electron chi connectivity index (χ0n) is 11.1. The van der Waals surface area contributed by atoms with Crippen molar-refractivity contribution in [3.63, 3.8) is 0 Å². The lowest BCUT2D eigenvalue weighted by atomic mass is 9.88. The molecule has 96 valence electrons. The molecule has 0 aromatic heterocycles. The largest absolute Gasteiger partial charge is 0.393 e. The molecule has 0 aromatic rings. The number of β-amino-alcohol motifs (C(OH)–C–C–N with tert-alkyl or cyclic N) is 1. The third-order valence-electron chi connectivity index (χ3n) is 4.10. The molecule has 2 N–H and O–H groups in total. The number of aliphatic hydroxyl groups excluding tert-OH is 1. The van der Waals surface area contributed by atoms with E-state index in [-0.39, 0.29) is 12.0 Å². The molecule has 1 fully saturated rings. The number of hydrogen-bond acceptors (Lipinski definition) is 3. The van der Waals surface area contributed by atoms with Crippen molar-refractivity contribution >= 4 is 0 Å². The summed E-state index contributed by atoms with van der Waals surface area (Å²) in [6.07, 6.45) is 1.91. The van der Waals surface area contributed by atoms with Crippen LogP contribution in [0.1, 0.15) is 40.5 Å². The normalized spacial score (nSPS) is 25.7. The lowest BCUT2D eigenvalue weighted by Gasteiger charge is -2.38. The highest BCUT2D eigenvalue weighted by atomic mass is 16.3. The number of rotatable bonds is 4. The van der Waals surface area contributed by atoms with E-state index in [1.165, 1.54) is 0 Å². The van der Waals surface area contributed by atoms with Gasteiger partial charge in [0.05, 0.1) is 11.7 Å². The van der Waals surface area contributed by atoms with Gasteiger partial charge in [-0.2, -0.15) is 0 Å². The van der Waals surface area contributed by atoms with Crippen molar-refractivity contribution < 1.29 is 10.2 Å². The molecule has 1 aliphatic rings. The van der Waals surface area contributed by atoms with E-state index in [0.29, 0.717) is 5.92 Å². The van der Waals surface area contributed by atoms with Crippen LogP contribution in [0, 0.1) is 11.8 Å². The third kappa shape index (κ3) is 3.72. The van der Waals surface area contributed by atoms with Crippen LogP contribution in [0.5, 0.6) is 0 Å². The monoisotopic (exact) mass is 229 g/mol. The predicted octanol–water partition coefficient (Wildman–Crippen LogP) is 1.49. The van der Waals surface area contributed by atoms with Gasteiger partial charge in [0.2, 0.25) is 0 Å². The molecule has 0 amide bonds. The Kier molecular flexibility index (Phi) is 4.77. The van der Waals surface area contributed by atoms with Crippen LogP contribution in [0.3, 0.4) is 0 Å². The highest BCUT2D eigenvalue weighted by molar-refractivity contribution is 4.84.